The Kier molecular flexibility index (Phi) is 4.05. The molecule has 6 nitrogen and oxygen atoms in total. The number of benzene rings is 1. The van der Waals surface area contributed by atoms with Crippen molar-refractivity contribution in [3.63, 3.8) is 0 Å². The molecule has 0 saturated heterocycles. The van der Waals surface area contributed by atoms with Gasteiger partial charge in [-0.3, -0.25) is 0 Å². The van der Waals surface area contributed by atoms with Crippen LogP contribution in [-0.2, 0) is 0 Å². The van der Waals surface area contributed by atoms with Crippen LogP contribution in [0.15, 0.2) is 18.2 Å². The molecule has 2 N–H and O–H groups in total. The minimum Gasteiger partial charge on any atom is -0.494 e. The summed E-state index contributed by atoms with van der Waals surface area (Å²) in [5.41, 5.74) is 9.96. The molecule has 0 aliphatic heterocycles. The van der Waals surface area contributed by atoms with E-state index in [0.29, 0.717) is 12.4 Å². The normalized spacial score (nSPS) is 11.0. The average Bonchev–Trinajstić information content (AvgIpc) is 2.83. The smallest absolute Gasteiger partial charge is 0.155 e. The Bertz CT molecular complexity index is 870. The molecule has 0 unspecified atom stereocenters. The van der Waals surface area contributed by atoms with Crippen LogP contribution >= 0.6 is 0 Å². The standard InChI is InChI=1S/C18H22N4O2/c1-6-24-13-7-8-14(15(9-13)23-5)22-11(3)16-10(2)20-21-18(19)17(16)12(22)4/h7-9H,6H2,1-5H3,(H2,19,21). The van der Waals surface area contributed by atoms with E-state index in [-0.39, 0.29) is 0 Å². The van der Waals surface area contributed by atoms with E-state index in [2.05, 4.69) is 21.7 Å². The number of methoxy groups -OCH3 is 1. The van der Waals surface area contributed by atoms with Crippen molar-refractivity contribution in [1.82, 2.24) is 14.8 Å². The van der Waals surface area contributed by atoms with Gasteiger partial charge in [0.25, 0.3) is 0 Å². The average molecular weight is 326 g/mol. The van der Waals surface area contributed by atoms with Crippen LogP contribution in [0.4, 0.5) is 5.82 Å². The van der Waals surface area contributed by atoms with Gasteiger partial charge in [-0.2, -0.15) is 5.10 Å². The van der Waals surface area contributed by atoms with Gasteiger partial charge >= 0.3 is 0 Å². The first-order valence-corrected chi connectivity index (χ1v) is 7.91. The van der Waals surface area contributed by atoms with Crippen LogP contribution in [0.5, 0.6) is 11.5 Å². The van der Waals surface area contributed by atoms with Gasteiger partial charge in [0.1, 0.15) is 11.5 Å². The number of nitrogens with zero attached hydrogens (tertiary/aromatic N) is 3. The maximum Gasteiger partial charge on any atom is 0.155 e. The van der Waals surface area contributed by atoms with Crippen molar-refractivity contribution in [3.05, 3.63) is 35.3 Å². The van der Waals surface area contributed by atoms with Gasteiger partial charge in [0.2, 0.25) is 0 Å². The van der Waals surface area contributed by atoms with Crippen molar-refractivity contribution in [2.75, 3.05) is 19.5 Å². The molecular formula is C18H22N4O2. The van der Waals surface area contributed by atoms with Gasteiger partial charge in [-0.1, -0.05) is 0 Å². The molecule has 0 radical (unpaired) electrons. The lowest BCUT2D eigenvalue weighted by Crippen LogP contribution is -2.03. The molecule has 1 aromatic carbocycles. The Morgan fingerprint density at radius 3 is 2.42 bits per heavy atom. The monoisotopic (exact) mass is 326 g/mol. The van der Waals surface area contributed by atoms with Gasteiger partial charge in [0, 0.05) is 28.2 Å². The first-order chi connectivity index (χ1) is 11.5. The number of hydrogen-bond acceptors (Lipinski definition) is 5. The van der Waals surface area contributed by atoms with E-state index in [1.165, 1.54) is 0 Å². The fourth-order valence-electron chi connectivity index (χ4n) is 3.28. The van der Waals surface area contributed by atoms with E-state index in [9.17, 15) is 0 Å². The predicted molar refractivity (Wildman–Crippen MR) is 95.2 cm³/mol. The summed E-state index contributed by atoms with van der Waals surface area (Å²) in [6.07, 6.45) is 0. The third kappa shape index (κ3) is 2.35. The Labute approximate surface area is 141 Å². The minimum atomic E-state index is 0.444. The molecule has 0 aliphatic rings. The van der Waals surface area contributed by atoms with E-state index in [1.807, 2.05) is 39.0 Å². The molecule has 6 heteroatoms. The molecule has 0 aliphatic carbocycles. The SMILES string of the molecule is CCOc1ccc(-n2c(C)c3c(C)nnc(N)c3c2C)c(OC)c1. The van der Waals surface area contributed by atoms with Crippen LogP contribution in [-0.4, -0.2) is 28.5 Å². The number of aryl methyl sites for hydroxylation is 3. The van der Waals surface area contributed by atoms with Gasteiger partial charge in [0.15, 0.2) is 5.82 Å². The Morgan fingerprint density at radius 2 is 1.79 bits per heavy atom. The van der Waals surface area contributed by atoms with Gasteiger partial charge in [-0.25, -0.2) is 0 Å². The number of nitrogen functional groups attached to an aromatic ring is 1. The second kappa shape index (κ2) is 6.03. The number of ether oxygens (including phenoxy) is 2. The summed E-state index contributed by atoms with van der Waals surface area (Å²) >= 11 is 0. The van der Waals surface area contributed by atoms with Crippen LogP contribution in [0.1, 0.15) is 24.0 Å². The molecule has 126 valence electrons. The summed E-state index contributed by atoms with van der Waals surface area (Å²) in [5, 5.41) is 10.2. The molecular weight excluding hydrogens is 304 g/mol. The van der Waals surface area contributed by atoms with Crippen molar-refractivity contribution in [2.45, 2.75) is 27.7 Å². The Balaban J connectivity index is 2.31. The van der Waals surface area contributed by atoms with Crippen LogP contribution < -0.4 is 15.2 Å². The summed E-state index contributed by atoms with van der Waals surface area (Å²) in [4.78, 5) is 0. The molecule has 2 heterocycles. The molecule has 0 saturated carbocycles. The third-order valence-electron chi connectivity index (χ3n) is 4.27. The van der Waals surface area contributed by atoms with Gasteiger partial charge in [-0.15, -0.1) is 5.10 Å². The lowest BCUT2D eigenvalue weighted by atomic mass is 10.1. The predicted octanol–water partition coefficient (Wildman–Crippen LogP) is 3.34. The zero-order valence-electron chi connectivity index (χ0n) is 14.7. The largest absolute Gasteiger partial charge is 0.494 e. The summed E-state index contributed by atoms with van der Waals surface area (Å²) < 4.78 is 13.3. The minimum absolute atomic E-state index is 0.444. The number of rotatable bonds is 4. The van der Waals surface area contributed by atoms with Crippen molar-refractivity contribution in [3.8, 4) is 17.2 Å². The summed E-state index contributed by atoms with van der Waals surface area (Å²) in [7, 11) is 1.66. The van der Waals surface area contributed by atoms with E-state index in [1.54, 1.807) is 7.11 Å². The number of anilines is 1. The fourth-order valence-corrected chi connectivity index (χ4v) is 3.28. The molecule has 24 heavy (non-hydrogen) atoms. The van der Waals surface area contributed by atoms with Gasteiger partial charge in [0.05, 0.1) is 25.1 Å². The van der Waals surface area contributed by atoms with E-state index >= 15 is 0 Å². The second-order valence-corrected chi connectivity index (χ2v) is 5.69. The third-order valence-corrected chi connectivity index (χ3v) is 4.27. The second-order valence-electron chi connectivity index (χ2n) is 5.69. The van der Waals surface area contributed by atoms with Crippen LogP contribution in [0, 0.1) is 20.8 Å². The lowest BCUT2D eigenvalue weighted by molar-refractivity contribution is 0.336. The molecule has 3 rings (SSSR count). The van der Waals surface area contributed by atoms with E-state index < -0.39 is 0 Å². The topological polar surface area (TPSA) is 75.2 Å². The highest BCUT2D eigenvalue weighted by molar-refractivity contribution is 5.97. The molecule has 3 aromatic rings. The molecule has 0 atom stereocenters. The van der Waals surface area contributed by atoms with Gasteiger partial charge in [-0.05, 0) is 39.8 Å². The first kappa shape index (κ1) is 16.1. The Morgan fingerprint density at radius 1 is 1.08 bits per heavy atom. The van der Waals surface area contributed by atoms with Crippen LogP contribution in [0.2, 0.25) is 0 Å². The number of fused-ring (bicyclic) bond motifs is 1. The quantitative estimate of drug-likeness (QED) is 0.796. The Hall–Kier alpha value is -2.76. The van der Waals surface area contributed by atoms with Crippen LogP contribution in [0.3, 0.4) is 0 Å². The molecule has 0 spiro atoms. The molecule has 0 amide bonds. The zero-order valence-corrected chi connectivity index (χ0v) is 14.7. The first-order valence-electron chi connectivity index (χ1n) is 7.91. The van der Waals surface area contributed by atoms with Crippen LogP contribution in [0.25, 0.3) is 16.5 Å². The highest BCUT2D eigenvalue weighted by Gasteiger charge is 2.20. The lowest BCUT2D eigenvalue weighted by Gasteiger charge is -2.15. The van der Waals surface area contributed by atoms with Gasteiger partial charge < -0.3 is 19.8 Å². The fraction of sp³-hybridized carbons (Fsp3) is 0.333. The zero-order chi connectivity index (χ0) is 17.4. The van der Waals surface area contributed by atoms with Crippen molar-refractivity contribution in [2.24, 2.45) is 0 Å². The summed E-state index contributed by atoms with van der Waals surface area (Å²) in [6.45, 7) is 8.60. The van der Waals surface area contributed by atoms with E-state index in [0.717, 1.165) is 45.0 Å². The van der Waals surface area contributed by atoms with Crippen molar-refractivity contribution >= 4 is 16.6 Å². The maximum atomic E-state index is 6.08. The van der Waals surface area contributed by atoms with Crippen molar-refractivity contribution < 1.29 is 9.47 Å². The number of hydrogen-bond donors (Lipinski definition) is 1. The number of aromatic nitrogens is 3. The summed E-state index contributed by atoms with van der Waals surface area (Å²) in [6, 6.07) is 5.84. The highest BCUT2D eigenvalue weighted by Crippen LogP contribution is 2.36. The van der Waals surface area contributed by atoms with E-state index in [4.69, 9.17) is 15.2 Å². The molecule has 0 fully saturated rings. The van der Waals surface area contributed by atoms with Crippen molar-refractivity contribution in [1.29, 1.82) is 0 Å². The molecule has 2 aromatic heterocycles. The summed E-state index contributed by atoms with van der Waals surface area (Å²) in [5.74, 6) is 1.97. The highest BCUT2D eigenvalue weighted by atomic mass is 16.5. The maximum absolute atomic E-state index is 6.08. The molecule has 0 bridgehead atoms. The number of nitrogens with two attached hydrogens (primary N) is 1.